The highest BCUT2D eigenvalue weighted by Crippen LogP contribution is 2.57. The van der Waals surface area contributed by atoms with Gasteiger partial charge in [-0.05, 0) is 62.2 Å². The topological polar surface area (TPSA) is 47.9 Å². The zero-order valence-corrected chi connectivity index (χ0v) is 20.8. The van der Waals surface area contributed by atoms with Crippen LogP contribution < -0.4 is 0 Å². The quantitative estimate of drug-likeness (QED) is 0.350. The number of hydrogen-bond acceptors (Lipinski definition) is 4. The van der Waals surface area contributed by atoms with Crippen LogP contribution in [0.3, 0.4) is 0 Å². The third-order valence-electron chi connectivity index (χ3n) is 6.89. The number of allylic oxidation sites excluding steroid dienone is 1. The van der Waals surface area contributed by atoms with E-state index in [1.165, 1.54) is 13.0 Å². The Balaban J connectivity index is 2.34. The van der Waals surface area contributed by atoms with Gasteiger partial charge >= 0.3 is 6.18 Å². The molecule has 0 amide bonds. The van der Waals surface area contributed by atoms with Gasteiger partial charge in [-0.3, -0.25) is 0 Å². The average Bonchev–Trinajstić information content (AvgIpc) is 3.03. The molecule has 0 unspecified atom stereocenters. The first-order valence-corrected chi connectivity index (χ1v) is 13.4. The smallest absolute Gasteiger partial charge is 0.398 e. The first kappa shape index (κ1) is 26.1. The normalized spacial score (nSPS) is 29.5. The molecule has 1 aliphatic carbocycles. The van der Waals surface area contributed by atoms with Crippen LogP contribution in [0.5, 0.6) is 0 Å². The van der Waals surface area contributed by atoms with Gasteiger partial charge in [0.1, 0.15) is 5.41 Å². The van der Waals surface area contributed by atoms with Crippen molar-refractivity contribution >= 4 is 8.32 Å². The van der Waals surface area contributed by atoms with Crippen molar-refractivity contribution in [3.05, 3.63) is 23.3 Å². The number of alkyl halides is 3. The summed E-state index contributed by atoms with van der Waals surface area (Å²) >= 11 is 0. The number of aliphatic hydroxyl groups is 1. The SMILES string of the molecule is CC1=CC2(C[C@@](C)(C(F)(F)F)[C@@]1(O)C#C/C(C)=C/CO[Si](C)(C)C(C)(C)C)OCCO2. The molecule has 2 atom stereocenters. The summed E-state index contributed by atoms with van der Waals surface area (Å²) in [6, 6.07) is 0. The Kier molecular flexibility index (Phi) is 7.04. The second-order valence-corrected chi connectivity index (χ2v) is 15.1. The van der Waals surface area contributed by atoms with E-state index in [1.54, 1.807) is 13.0 Å². The maximum atomic E-state index is 14.2. The maximum Gasteiger partial charge on any atom is 0.398 e. The first-order chi connectivity index (χ1) is 13.9. The van der Waals surface area contributed by atoms with Crippen molar-refractivity contribution in [2.45, 2.75) is 83.7 Å². The van der Waals surface area contributed by atoms with Crippen molar-refractivity contribution in [2.24, 2.45) is 5.41 Å². The van der Waals surface area contributed by atoms with Crippen LogP contribution in [0.1, 0.15) is 48.0 Å². The van der Waals surface area contributed by atoms with E-state index in [0.29, 0.717) is 12.2 Å². The highest BCUT2D eigenvalue weighted by molar-refractivity contribution is 6.74. The van der Waals surface area contributed by atoms with Gasteiger partial charge in [-0.2, -0.15) is 13.2 Å². The molecule has 0 radical (unpaired) electrons. The summed E-state index contributed by atoms with van der Waals surface area (Å²) < 4.78 is 59.7. The van der Waals surface area contributed by atoms with Crippen molar-refractivity contribution in [2.75, 3.05) is 19.8 Å². The molecule has 2 aliphatic rings. The van der Waals surface area contributed by atoms with Crippen LogP contribution in [-0.2, 0) is 13.9 Å². The lowest BCUT2D eigenvalue weighted by Crippen LogP contribution is -2.61. The van der Waals surface area contributed by atoms with Crippen LogP contribution in [0.15, 0.2) is 23.3 Å². The van der Waals surface area contributed by atoms with Crippen LogP contribution in [0.4, 0.5) is 13.2 Å². The predicted molar refractivity (Wildman–Crippen MR) is 117 cm³/mol. The number of rotatable bonds is 3. The van der Waals surface area contributed by atoms with Crippen LogP contribution in [0.25, 0.3) is 0 Å². The van der Waals surface area contributed by atoms with Crippen molar-refractivity contribution in [3.63, 3.8) is 0 Å². The van der Waals surface area contributed by atoms with Crippen LogP contribution >= 0.6 is 0 Å². The van der Waals surface area contributed by atoms with Crippen molar-refractivity contribution in [1.29, 1.82) is 0 Å². The molecular formula is C23H35F3O4Si. The lowest BCUT2D eigenvalue weighted by molar-refractivity contribution is -0.292. The van der Waals surface area contributed by atoms with Crippen molar-refractivity contribution in [1.82, 2.24) is 0 Å². The van der Waals surface area contributed by atoms with E-state index in [9.17, 15) is 18.3 Å². The summed E-state index contributed by atoms with van der Waals surface area (Å²) in [5.41, 5.74) is -4.36. The molecular weight excluding hydrogens is 425 g/mol. The van der Waals surface area contributed by atoms with Gasteiger partial charge in [0.2, 0.25) is 0 Å². The van der Waals surface area contributed by atoms with Gasteiger partial charge in [0.05, 0.1) is 19.8 Å². The molecule has 0 aromatic heterocycles. The highest BCUT2D eigenvalue weighted by atomic mass is 28.4. The second kappa shape index (κ2) is 8.34. The van der Waals surface area contributed by atoms with Gasteiger partial charge in [0.15, 0.2) is 19.7 Å². The van der Waals surface area contributed by atoms with Gasteiger partial charge in [-0.1, -0.05) is 32.6 Å². The number of hydrogen-bond donors (Lipinski definition) is 1. The molecule has 0 aromatic carbocycles. The highest BCUT2D eigenvalue weighted by Gasteiger charge is 2.69. The van der Waals surface area contributed by atoms with Gasteiger partial charge in [-0.25, -0.2) is 0 Å². The summed E-state index contributed by atoms with van der Waals surface area (Å²) in [7, 11) is -1.95. The molecule has 1 fully saturated rings. The van der Waals surface area contributed by atoms with Crippen LogP contribution in [0.2, 0.25) is 18.1 Å². The fourth-order valence-corrected chi connectivity index (χ4v) is 4.50. The van der Waals surface area contributed by atoms with Crippen LogP contribution in [-0.4, -0.2) is 50.8 Å². The first-order valence-electron chi connectivity index (χ1n) is 10.5. The monoisotopic (exact) mass is 460 g/mol. The predicted octanol–water partition coefficient (Wildman–Crippen LogP) is 5.35. The zero-order chi connectivity index (χ0) is 23.9. The summed E-state index contributed by atoms with van der Waals surface area (Å²) in [5.74, 6) is 3.77. The number of halogens is 3. The van der Waals surface area contributed by atoms with E-state index in [2.05, 4.69) is 45.7 Å². The standard InChI is InChI=1S/C23H35F3O4Si/c1-17(10-12-30-31(7,8)19(3,4)5)9-11-22(27)18(2)15-21(28-13-14-29-21)16-20(22,6)23(24,25)26/h10,15,27H,12-14,16H2,1-8H3/b17-10+/t20-,22-/m1/s1. The molecule has 1 aliphatic heterocycles. The summed E-state index contributed by atoms with van der Waals surface area (Å²) in [6.45, 7) is 15.5. The minimum atomic E-state index is -4.72. The van der Waals surface area contributed by atoms with E-state index >= 15 is 0 Å². The Morgan fingerprint density at radius 2 is 1.81 bits per heavy atom. The summed E-state index contributed by atoms with van der Waals surface area (Å²) in [6.07, 6.45) is -2.11. The third-order valence-corrected chi connectivity index (χ3v) is 11.4. The molecule has 4 nitrogen and oxygen atoms in total. The van der Waals surface area contributed by atoms with Crippen molar-refractivity contribution < 1.29 is 32.2 Å². The van der Waals surface area contributed by atoms with Gasteiger partial charge in [0.25, 0.3) is 0 Å². The molecule has 31 heavy (non-hydrogen) atoms. The Hall–Kier alpha value is -1.11. The molecule has 1 spiro atoms. The largest absolute Gasteiger partial charge is 0.413 e. The molecule has 176 valence electrons. The lowest BCUT2D eigenvalue weighted by atomic mass is 9.62. The molecule has 0 bridgehead atoms. The minimum Gasteiger partial charge on any atom is -0.413 e. The molecule has 2 rings (SSSR count). The Morgan fingerprint density at radius 3 is 2.29 bits per heavy atom. The van der Waals surface area contributed by atoms with Gasteiger partial charge < -0.3 is 19.0 Å². The number of ether oxygens (including phenoxy) is 2. The molecule has 1 heterocycles. The summed E-state index contributed by atoms with van der Waals surface area (Å²) in [4.78, 5) is 0. The Bertz CT molecular complexity index is 807. The van der Waals surface area contributed by atoms with E-state index in [-0.39, 0.29) is 23.8 Å². The summed E-state index contributed by atoms with van der Waals surface area (Å²) in [5, 5.41) is 11.3. The molecule has 1 N–H and O–H groups in total. The van der Waals surface area contributed by atoms with Gasteiger partial charge in [-0.15, -0.1) is 0 Å². The van der Waals surface area contributed by atoms with Crippen molar-refractivity contribution in [3.8, 4) is 11.8 Å². The molecule has 0 aromatic rings. The molecule has 1 saturated heterocycles. The minimum absolute atomic E-state index is 0.0500. The fraction of sp³-hybridized carbons (Fsp3) is 0.739. The van der Waals surface area contributed by atoms with E-state index < -0.39 is 37.7 Å². The van der Waals surface area contributed by atoms with E-state index in [1.807, 2.05) is 0 Å². The maximum absolute atomic E-state index is 14.2. The Morgan fingerprint density at radius 1 is 1.26 bits per heavy atom. The Labute approximate surface area is 185 Å². The third kappa shape index (κ3) is 4.96. The van der Waals surface area contributed by atoms with Gasteiger partial charge in [0, 0.05) is 6.42 Å². The van der Waals surface area contributed by atoms with E-state index in [4.69, 9.17) is 13.9 Å². The lowest BCUT2D eigenvalue weighted by Gasteiger charge is -2.50. The fourth-order valence-electron chi connectivity index (χ4n) is 3.57. The zero-order valence-electron chi connectivity index (χ0n) is 19.8. The molecule has 0 saturated carbocycles. The second-order valence-electron chi connectivity index (χ2n) is 10.3. The van der Waals surface area contributed by atoms with Crippen LogP contribution in [0, 0.1) is 17.3 Å². The average molecular weight is 461 g/mol. The van der Waals surface area contributed by atoms with E-state index in [0.717, 1.165) is 6.92 Å². The molecule has 8 heteroatoms.